The standard InChI is InChI=1S/C21H20ClN3OS/c22-16-4-3-5-17(14-16)24-10-12-25(13-11-24)21(26)15-27-20-8-9-23-19-7-2-1-6-18(19)20/h1-9,14H,10-13,15H2. The number of fused-ring (bicyclic) bond motifs is 1. The normalized spacial score (nSPS) is 14.6. The van der Waals surface area contributed by atoms with E-state index in [1.54, 1.807) is 18.0 Å². The van der Waals surface area contributed by atoms with Crippen molar-refractivity contribution in [3.8, 4) is 0 Å². The third-order valence-corrected chi connectivity index (χ3v) is 6.06. The van der Waals surface area contributed by atoms with Gasteiger partial charge < -0.3 is 9.80 Å². The van der Waals surface area contributed by atoms with E-state index in [1.807, 2.05) is 47.4 Å². The number of hydrogen-bond acceptors (Lipinski definition) is 4. The van der Waals surface area contributed by atoms with Gasteiger partial charge >= 0.3 is 0 Å². The van der Waals surface area contributed by atoms with Crippen molar-refractivity contribution in [3.63, 3.8) is 0 Å². The van der Waals surface area contributed by atoms with Crippen molar-refractivity contribution in [1.29, 1.82) is 0 Å². The molecule has 1 aliphatic heterocycles. The van der Waals surface area contributed by atoms with Gasteiger partial charge in [0.15, 0.2) is 0 Å². The zero-order valence-corrected chi connectivity index (χ0v) is 16.4. The molecule has 3 aromatic rings. The number of hydrogen-bond donors (Lipinski definition) is 0. The quantitative estimate of drug-likeness (QED) is 0.614. The van der Waals surface area contributed by atoms with Crippen LogP contribution in [0.15, 0.2) is 65.7 Å². The lowest BCUT2D eigenvalue weighted by Crippen LogP contribution is -2.49. The molecule has 0 bridgehead atoms. The summed E-state index contributed by atoms with van der Waals surface area (Å²) in [7, 11) is 0. The van der Waals surface area contributed by atoms with Crippen LogP contribution in [0.25, 0.3) is 10.9 Å². The molecule has 0 N–H and O–H groups in total. The van der Waals surface area contributed by atoms with Crippen LogP contribution in [0.2, 0.25) is 5.02 Å². The minimum Gasteiger partial charge on any atom is -0.368 e. The highest BCUT2D eigenvalue weighted by Gasteiger charge is 2.21. The van der Waals surface area contributed by atoms with Crippen LogP contribution >= 0.6 is 23.4 Å². The van der Waals surface area contributed by atoms with E-state index in [9.17, 15) is 4.79 Å². The van der Waals surface area contributed by atoms with Gasteiger partial charge in [-0.05, 0) is 30.3 Å². The average molecular weight is 398 g/mol. The van der Waals surface area contributed by atoms with E-state index in [4.69, 9.17) is 11.6 Å². The molecule has 0 spiro atoms. The average Bonchev–Trinajstić information content (AvgIpc) is 2.72. The van der Waals surface area contributed by atoms with Crippen LogP contribution < -0.4 is 4.90 Å². The predicted octanol–water partition coefficient (Wildman–Crippen LogP) is 4.33. The smallest absolute Gasteiger partial charge is 0.233 e. The molecule has 0 radical (unpaired) electrons. The van der Waals surface area contributed by atoms with E-state index < -0.39 is 0 Å². The van der Waals surface area contributed by atoms with Gasteiger partial charge in [0, 0.05) is 53.4 Å². The fraction of sp³-hybridized carbons (Fsp3) is 0.238. The first kappa shape index (κ1) is 18.1. The fourth-order valence-corrected chi connectivity index (χ4v) is 4.44. The van der Waals surface area contributed by atoms with Gasteiger partial charge in [-0.2, -0.15) is 0 Å². The third kappa shape index (κ3) is 4.20. The van der Waals surface area contributed by atoms with Gasteiger partial charge in [0.2, 0.25) is 5.91 Å². The zero-order valence-electron chi connectivity index (χ0n) is 14.8. The number of carbonyl (C=O) groups excluding carboxylic acids is 1. The van der Waals surface area contributed by atoms with Crippen molar-refractivity contribution in [3.05, 3.63) is 65.8 Å². The summed E-state index contributed by atoms with van der Waals surface area (Å²) in [6.07, 6.45) is 1.80. The molecule has 4 nitrogen and oxygen atoms in total. The molecule has 0 atom stereocenters. The number of piperazine rings is 1. The molecule has 2 heterocycles. The van der Waals surface area contributed by atoms with E-state index in [0.29, 0.717) is 5.75 Å². The molecule has 1 aromatic heterocycles. The number of carbonyl (C=O) groups is 1. The largest absolute Gasteiger partial charge is 0.368 e. The van der Waals surface area contributed by atoms with Crippen LogP contribution in [0.3, 0.4) is 0 Å². The van der Waals surface area contributed by atoms with Crippen LogP contribution in [0.1, 0.15) is 0 Å². The van der Waals surface area contributed by atoms with Gasteiger partial charge in [0.05, 0.1) is 11.3 Å². The molecule has 1 aliphatic rings. The summed E-state index contributed by atoms with van der Waals surface area (Å²) in [4.78, 5) is 22.4. The Bertz CT molecular complexity index is 952. The number of nitrogens with zero attached hydrogens (tertiary/aromatic N) is 3. The van der Waals surface area contributed by atoms with Gasteiger partial charge in [-0.15, -0.1) is 11.8 Å². The Morgan fingerprint density at radius 3 is 2.67 bits per heavy atom. The summed E-state index contributed by atoms with van der Waals surface area (Å²) in [5.41, 5.74) is 2.08. The second-order valence-corrected chi connectivity index (χ2v) is 7.92. The molecular weight excluding hydrogens is 378 g/mol. The van der Waals surface area contributed by atoms with Gasteiger partial charge in [-0.1, -0.05) is 35.9 Å². The summed E-state index contributed by atoms with van der Waals surface area (Å²) < 4.78 is 0. The summed E-state index contributed by atoms with van der Waals surface area (Å²) in [6, 6.07) is 17.9. The van der Waals surface area contributed by atoms with E-state index in [1.165, 1.54) is 0 Å². The number of para-hydroxylation sites is 1. The highest BCUT2D eigenvalue weighted by Crippen LogP contribution is 2.27. The van der Waals surface area contributed by atoms with Crippen molar-refractivity contribution in [2.24, 2.45) is 0 Å². The Hall–Kier alpha value is -2.24. The molecular formula is C21H20ClN3OS. The summed E-state index contributed by atoms with van der Waals surface area (Å²) >= 11 is 7.67. The Balaban J connectivity index is 1.34. The third-order valence-electron chi connectivity index (χ3n) is 4.77. The zero-order chi connectivity index (χ0) is 18.6. The van der Waals surface area contributed by atoms with Crippen LogP contribution in [0.5, 0.6) is 0 Å². The SMILES string of the molecule is O=C(CSc1ccnc2ccccc12)N1CCN(c2cccc(Cl)c2)CC1. The molecule has 0 aliphatic carbocycles. The summed E-state index contributed by atoms with van der Waals surface area (Å²) in [5.74, 6) is 0.636. The van der Waals surface area contributed by atoms with Gasteiger partial charge in [-0.25, -0.2) is 0 Å². The fourth-order valence-electron chi connectivity index (χ4n) is 3.31. The first-order chi connectivity index (χ1) is 13.2. The minimum atomic E-state index is 0.187. The topological polar surface area (TPSA) is 36.4 Å². The van der Waals surface area contributed by atoms with E-state index >= 15 is 0 Å². The number of pyridine rings is 1. The maximum atomic E-state index is 12.7. The van der Waals surface area contributed by atoms with Crippen molar-refractivity contribution in [2.75, 3.05) is 36.8 Å². The number of aromatic nitrogens is 1. The van der Waals surface area contributed by atoms with Crippen molar-refractivity contribution in [1.82, 2.24) is 9.88 Å². The second kappa shape index (κ2) is 8.19. The van der Waals surface area contributed by atoms with Crippen molar-refractivity contribution >= 4 is 45.9 Å². The Labute approximate surface area is 168 Å². The maximum absolute atomic E-state index is 12.7. The van der Waals surface area contributed by atoms with Crippen molar-refractivity contribution < 1.29 is 4.79 Å². The Morgan fingerprint density at radius 2 is 1.85 bits per heavy atom. The first-order valence-corrected chi connectivity index (χ1v) is 10.3. The van der Waals surface area contributed by atoms with E-state index in [0.717, 1.165) is 52.7 Å². The molecule has 1 amide bonds. The lowest BCUT2D eigenvalue weighted by molar-refractivity contribution is -0.128. The lowest BCUT2D eigenvalue weighted by Gasteiger charge is -2.36. The van der Waals surface area contributed by atoms with Crippen LogP contribution in [0.4, 0.5) is 5.69 Å². The number of anilines is 1. The summed E-state index contributed by atoms with van der Waals surface area (Å²) in [5, 5.41) is 1.84. The number of thioether (sulfide) groups is 1. The minimum absolute atomic E-state index is 0.187. The highest BCUT2D eigenvalue weighted by atomic mass is 35.5. The van der Waals surface area contributed by atoms with Gasteiger partial charge in [0.25, 0.3) is 0 Å². The van der Waals surface area contributed by atoms with Crippen LogP contribution in [-0.2, 0) is 4.79 Å². The number of benzene rings is 2. The van der Waals surface area contributed by atoms with Crippen LogP contribution in [-0.4, -0.2) is 47.7 Å². The van der Waals surface area contributed by atoms with Gasteiger partial charge in [0.1, 0.15) is 0 Å². The molecule has 138 valence electrons. The molecule has 0 saturated carbocycles. The van der Waals surface area contributed by atoms with Crippen LogP contribution in [0, 0.1) is 0 Å². The number of halogens is 1. The van der Waals surface area contributed by atoms with Gasteiger partial charge in [-0.3, -0.25) is 9.78 Å². The molecule has 2 aromatic carbocycles. The lowest BCUT2D eigenvalue weighted by atomic mass is 10.2. The maximum Gasteiger partial charge on any atom is 0.233 e. The Morgan fingerprint density at radius 1 is 1.04 bits per heavy atom. The molecule has 1 fully saturated rings. The molecule has 1 saturated heterocycles. The Kier molecular flexibility index (Phi) is 5.50. The molecule has 0 unspecified atom stereocenters. The first-order valence-electron chi connectivity index (χ1n) is 8.95. The monoisotopic (exact) mass is 397 g/mol. The van der Waals surface area contributed by atoms with E-state index in [2.05, 4.69) is 22.0 Å². The highest BCUT2D eigenvalue weighted by molar-refractivity contribution is 8.00. The molecule has 27 heavy (non-hydrogen) atoms. The second-order valence-electron chi connectivity index (χ2n) is 6.46. The molecule has 6 heteroatoms. The van der Waals surface area contributed by atoms with Crippen molar-refractivity contribution in [2.45, 2.75) is 4.90 Å². The summed E-state index contributed by atoms with van der Waals surface area (Å²) in [6.45, 7) is 3.13. The predicted molar refractivity (Wildman–Crippen MR) is 113 cm³/mol. The van der Waals surface area contributed by atoms with E-state index in [-0.39, 0.29) is 5.91 Å². The molecule has 4 rings (SSSR count). The number of amides is 1. The number of rotatable bonds is 4.